The number of rotatable bonds is 7. The molecule has 0 saturated carbocycles. The molecule has 1 fully saturated rings. The van der Waals surface area contributed by atoms with E-state index in [4.69, 9.17) is 16.3 Å². The SMILES string of the molecule is COc1ccc(Cl)cc1CC(=O)NCc1ccc(C[NH+]2CCCC2)cc1. The Hall–Kier alpha value is -2.04. The summed E-state index contributed by atoms with van der Waals surface area (Å²) in [4.78, 5) is 13.9. The lowest BCUT2D eigenvalue weighted by Crippen LogP contribution is -3.08. The molecule has 0 radical (unpaired) electrons. The van der Waals surface area contributed by atoms with Crippen LogP contribution in [0.15, 0.2) is 42.5 Å². The maximum atomic E-state index is 12.2. The first-order valence-electron chi connectivity index (χ1n) is 9.14. The van der Waals surface area contributed by atoms with E-state index in [-0.39, 0.29) is 12.3 Å². The van der Waals surface area contributed by atoms with E-state index in [0.717, 1.165) is 17.7 Å². The lowest BCUT2D eigenvalue weighted by Gasteiger charge is -2.12. The highest BCUT2D eigenvalue weighted by molar-refractivity contribution is 6.30. The minimum absolute atomic E-state index is 0.0452. The van der Waals surface area contributed by atoms with Gasteiger partial charge in [0.1, 0.15) is 12.3 Å². The van der Waals surface area contributed by atoms with Crippen LogP contribution in [0.1, 0.15) is 29.5 Å². The van der Waals surface area contributed by atoms with Crippen molar-refractivity contribution in [2.24, 2.45) is 0 Å². The molecule has 2 aromatic rings. The highest BCUT2D eigenvalue weighted by atomic mass is 35.5. The molecule has 2 aromatic carbocycles. The number of quaternary nitrogens is 1. The monoisotopic (exact) mass is 373 g/mol. The molecule has 1 saturated heterocycles. The Bertz CT molecular complexity index is 740. The Balaban J connectivity index is 1.50. The third-order valence-electron chi connectivity index (χ3n) is 4.87. The fourth-order valence-electron chi connectivity index (χ4n) is 3.44. The Morgan fingerprint density at radius 2 is 1.81 bits per heavy atom. The number of hydrogen-bond donors (Lipinski definition) is 2. The fraction of sp³-hybridized carbons (Fsp3) is 0.381. The van der Waals surface area contributed by atoms with Gasteiger partial charge in [0.05, 0.1) is 26.6 Å². The van der Waals surface area contributed by atoms with Gasteiger partial charge in [-0.1, -0.05) is 35.9 Å². The van der Waals surface area contributed by atoms with Gasteiger partial charge >= 0.3 is 0 Å². The number of hydrogen-bond acceptors (Lipinski definition) is 2. The number of benzene rings is 2. The maximum absolute atomic E-state index is 12.2. The van der Waals surface area contributed by atoms with Crippen LogP contribution >= 0.6 is 11.6 Å². The number of amides is 1. The number of halogens is 1. The van der Waals surface area contributed by atoms with E-state index < -0.39 is 0 Å². The van der Waals surface area contributed by atoms with Crippen molar-refractivity contribution in [1.82, 2.24) is 5.32 Å². The quantitative estimate of drug-likeness (QED) is 0.782. The summed E-state index contributed by atoms with van der Waals surface area (Å²) in [5, 5.41) is 3.57. The van der Waals surface area contributed by atoms with E-state index in [1.165, 1.54) is 31.5 Å². The second-order valence-corrected chi connectivity index (χ2v) is 7.30. The van der Waals surface area contributed by atoms with Gasteiger partial charge in [0.25, 0.3) is 0 Å². The summed E-state index contributed by atoms with van der Waals surface area (Å²) in [6.45, 7) is 4.19. The van der Waals surface area contributed by atoms with Gasteiger partial charge in [0.15, 0.2) is 0 Å². The Labute approximate surface area is 160 Å². The van der Waals surface area contributed by atoms with Gasteiger partial charge in [0, 0.05) is 35.5 Å². The number of nitrogens with one attached hydrogen (secondary N) is 2. The molecule has 4 nitrogen and oxygen atoms in total. The molecule has 2 N–H and O–H groups in total. The molecule has 1 aliphatic heterocycles. The summed E-state index contributed by atoms with van der Waals surface area (Å²) in [5.41, 5.74) is 3.26. The molecular formula is C21H26ClN2O2+. The number of carbonyl (C=O) groups is 1. The minimum Gasteiger partial charge on any atom is -0.496 e. The molecule has 1 amide bonds. The number of carbonyl (C=O) groups excluding carboxylic acids is 1. The minimum atomic E-state index is -0.0452. The molecule has 0 unspecified atom stereocenters. The first-order chi connectivity index (χ1) is 12.6. The third kappa shape index (κ3) is 5.23. The zero-order valence-corrected chi connectivity index (χ0v) is 15.9. The van der Waals surface area contributed by atoms with Crippen molar-refractivity contribution in [3.05, 3.63) is 64.2 Å². The van der Waals surface area contributed by atoms with Crippen molar-refractivity contribution in [3.63, 3.8) is 0 Å². The number of likely N-dealkylation sites (tertiary alicyclic amines) is 1. The Morgan fingerprint density at radius 3 is 2.50 bits per heavy atom. The first-order valence-corrected chi connectivity index (χ1v) is 9.52. The topological polar surface area (TPSA) is 42.8 Å². The molecule has 5 heteroatoms. The van der Waals surface area contributed by atoms with Crippen molar-refractivity contribution < 1.29 is 14.4 Å². The van der Waals surface area contributed by atoms with E-state index in [0.29, 0.717) is 17.3 Å². The van der Waals surface area contributed by atoms with E-state index in [1.54, 1.807) is 30.2 Å². The first kappa shape index (κ1) is 18.7. The molecule has 0 bridgehead atoms. The van der Waals surface area contributed by atoms with Crippen LogP contribution in [0.2, 0.25) is 5.02 Å². The molecule has 3 rings (SSSR count). The van der Waals surface area contributed by atoms with Crippen LogP contribution in [0.5, 0.6) is 5.75 Å². The van der Waals surface area contributed by atoms with Crippen LogP contribution < -0.4 is 15.0 Å². The van der Waals surface area contributed by atoms with Gasteiger partial charge in [-0.2, -0.15) is 0 Å². The molecule has 0 atom stereocenters. The summed E-state index contributed by atoms with van der Waals surface area (Å²) in [5.74, 6) is 0.634. The zero-order valence-electron chi connectivity index (χ0n) is 15.2. The van der Waals surface area contributed by atoms with Crippen LogP contribution in [0.25, 0.3) is 0 Å². The Morgan fingerprint density at radius 1 is 1.12 bits per heavy atom. The molecule has 26 heavy (non-hydrogen) atoms. The van der Waals surface area contributed by atoms with Crippen LogP contribution in [-0.4, -0.2) is 26.1 Å². The van der Waals surface area contributed by atoms with Crippen molar-refractivity contribution >= 4 is 17.5 Å². The second kappa shape index (κ2) is 9.06. The van der Waals surface area contributed by atoms with Crippen molar-refractivity contribution in [1.29, 1.82) is 0 Å². The van der Waals surface area contributed by atoms with Crippen LogP contribution in [0.4, 0.5) is 0 Å². The van der Waals surface area contributed by atoms with Gasteiger partial charge in [-0.05, 0) is 23.8 Å². The molecule has 0 aromatic heterocycles. The molecule has 0 aliphatic carbocycles. The van der Waals surface area contributed by atoms with E-state index in [1.807, 2.05) is 0 Å². The van der Waals surface area contributed by atoms with Crippen molar-refractivity contribution in [3.8, 4) is 5.75 Å². The van der Waals surface area contributed by atoms with Gasteiger partial charge in [-0.25, -0.2) is 0 Å². The normalized spacial score (nSPS) is 14.4. The summed E-state index contributed by atoms with van der Waals surface area (Å²) in [7, 11) is 1.59. The summed E-state index contributed by atoms with van der Waals surface area (Å²) < 4.78 is 5.29. The maximum Gasteiger partial charge on any atom is 0.224 e. The molecule has 138 valence electrons. The van der Waals surface area contributed by atoms with Crippen LogP contribution in [0.3, 0.4) is 0 Å². The summed E-state index contributed by atoms with van der Waals surface area (Å²) in [6, 6.07) is 13.9. The van der Waals surface area contributed by atoms with Crippen molar-refractivity contribution in [2.45, 2.75) is 32.4 Å². The zero-order chi connectivity index (χ0) is 18.4. The van der Waals surface area contributed by atoms with Gasteiger partial charge in [-0.3, -0.25) is 4.79 Å². The molecule has 1 heterocycles. The number of ether oxygens (including phenoxy) is 1. The van der Waals surface area contributed by atoms with E-state index >= 15 is 0 Å². The predicted octanol–water partition coefficient (Wildman–Crippen LogP) is 2.39. The van der Waals surface area contributed by atoms with Gasteiger partial charge in [0.2, 0.25) is 5.91 Å². The van der Waals surface area contributed by atoms with Crippen LogP contribution in [-0.2, 0) is 24.3 Å². The second-order valence-electron chi connectivity index (χ2n) is 6.86. The largest absolute Gasteiger partial charge is 0.496 e. The van der Waals surface area contributed by atoms with Crippen LogP contribution in [0, 0.1) is 0 Å². The molecule has 1 aliphatic rings. The smallest absolute Gasteiger partial charge is 0.224 e. The standard InChI is InChI=1S/C21H25ClN2O2/c1-26-20-9-8-19(22)12-18(20)13-21(25)23-14-16-4-6-17(7-5-16)15-24-10-2-3-11-24/h4-9,12H,2-3,10-11,13-15H2,1H3,(H,23,25)/p+1. The average molecular weight is 374 g/mol. The van der Waals surface area contributed by atoms with Crippen molar-refractivity contribution in [2.75, 3.05) is 20.2 Å². The number of methoxy groups -OCH3 is 1. The lowest BCUT2D eigenvalue weighted by atomic mass is 10.1. The lowest BCUT2D eigenvalue weighted by molar-refractivity contribution is -0.901. The summed E-state index contributed by atoms with van der Waals surface area (Å²) in [6.07, 6.45) is 2.94. The van der Waals surface area contributed by atoms with E-state index in [9.17, 15) is 4.79 Å². The predicted molar refractivity (Wildman–Crippen MR) is 104 cm³/mol. The average Bonchev–Trinajstić information content (AvgIpc) is 3.14. The van der Waals surface area contributed by atoms with E-state index in [2.05, 4.69) is 29.6 Å². The van der Waals surface area contributed by atoms with Gasteiger partial charge in [-0.15, -0.1) is 0 Å². The molecule has 0 spiro atoms. The highest BCUT2D eigenvalue weighted by Gasteiger charge is 2.15. The highest BCUT2D eigenvalue weighted by Crippen LogP contribution is 2.23. The molecular weight excluding hydrogens is 348 g/mol. The fourth-order valence-corrected chi connectivity index (χ4v) is 3.63. The van der Waals surface area contributed by atoms with Gasteiger partial charge < -0.3 is 15.0 Å². The summed E-state index contributed by atoms with van der Waals surface area (Å²) >= 11 is 6.02. The third-order valence-corrected chi connectivity index (χ3v) is 5.11. The Kier molecular flexibility index (Phi) is 6.53.